The number of rotatable bonds is 7. The first-order chi connectivity index (χ1) is 7.76. The van der Waals surface area contributed by atoms with E-state index in [1.54, 1.807) is 6.20 Å². The van der Waals surface area contributed by atoms with Gasteiger partial charge in [-0.05, 0) is 31.6 Å². The van der Waals surface area contributed by atoms with Gasteiger partial charge in [0, 0.05) is 18.7 Å². The SMILES string of the molecule is CCCCN(CC)CCc1ccc(N)cn1. The highest BCUT2D eigenvalue weighted by molar-refractivity contribution is 5.34. The molecule has 0 atom stereocenters. The molecule has 0 bridgehead atoms. The minimum absolute atomic E-state index is 0.738. The third-order valence-electron chi connectivity index (χ3n) is 2.81. The van der Waals surface area contributed by atoms with Crippen molar-refractivity contribution in [2.45, 2.75) is 33.1 Å². The van der Waals surface area contributed by atoms with E-state index in [1.807, 2.05) is 12.1 Å². The maximum atomic E-state index is 5.60. The zero-order valence-corrected chi connectivity index (χ0v) is 10.4. The van der Waals surface area contributed by atoms with Crippen molar-refractivity contribution in [3.8, 4) is 0 Å². The molecule has 0 aliphatic rings. The minimum Gasteiger partial charge on any atom is -0.397 e. The Hall–Kier alpha value is -1.09. The number of nitrogens with zero attached hydrogens (tertiary/aromatic N) is 2. The van der Waals surface area contributed by atoms with E-state index in [0.717, 1.165) is 30.9 Å². The standard InChI is InChI=1S/C13H23N3/c1-3-5-9-16(4-2)10-8-13-7-6-12(14)11-15-13/h6-7,11H,3-5,8-10,14H2,1-2H3. The van der Waals surface area contributed by atoms with E-state index >= 15 is 0 Å². The second-order valence-corrected chi connectivity index (χ2v) is 4.12. The van der Waals surface area contributed by atoms with Crippen LogP contribution in [0.5, 0.6) is 0 Å². The van der Waals surface area contributed by atoms with Crippen molar-refractivity contribution in [1.82, 2.24) is 9.88 Å². The molecule has 1 heterocycles. The molecule has 0 aromatic carbocycles. The van der Waals surface area contributed by atoms with E-state index in [-0.39, 0.29) is 0 Å². The average molecular weight is 221 g/mol. The molecule has 0 saturated heterocycles. The van der Waals surface area contributed by atoms with Gasteiger partial charge in [0.15, 0.2) is 0 Å². The molecule has 0 spiro atoms. The molecule has 0 aliphatic heterocycles. The van der Waals surface area contributed by atoms with Crippen LogP contribution in [0, 0.1) is 0 Å². The number of aromatic nitrogens is 1. The summed E-state index contributed by atoms with van der Waals surface area (Å²) in [7, 11) is 0. The van der Waals surface area contributed by atoms with E-state index in [4.69, 9.17) is 5.73 Å². The third-order valence-corrected chi connectivity index (χ3v) is 2.81. The molecule has 3 nitrogen and oxygen atoms in total. The van der Waals surface area contributed by atoms with Crippen LogP contribution in [0.2, 0.25) is 0 Å². The van der Waals surface area contributed by atoms with Crippen LogP contribution in [0.25, 0.3) is 0 Å². The molecule has 2 N–H and O–H groups in total. The molecule has 0 aliphatic carbocycles. The third kappa shape index (κ3) is 4.62. The lowest BCUT2D eigenvalue weighted by Gasteiger charge is -2.19. The monoisotopic (exact) mass is 221 g/mol. The molecule has 0 amide bonds. The van der Waals surface area contributed by atoms with Gasteiger partial charge in [-0.25, -0.2) is 0 Å². The fourth-order valence-electron chi connectivity index (χ4n) is 1.67. The van der Waals surface area contributed by atoms with Crippen molar-refractivity contribution in [2.24, 2.45) is 0 Å². The van der Waals surface area contributed by atoms with Gasteiger partial charge in [0.2, 0.25) is 0 Å². The Kier molecular flexibility index (Phi) is 5.86. The Bertz CT molecular complexity index is 282. The first kappa shape index (κ1) is 13.0. The summed E-state index contributed by atoms with van der Waals surface area (Å²) >= 11 is 0. The molecule has 0 radical (unpaired) electrons. The smallest absolute Gasteiger partial charge is 0.0501 e. The predicted octanol–water partition coefficient (Wildman–Crippen LogP) is 2.33. The fraction of sp³-hybridized carbons (Fsp3) is 0.615. The molecule has 3 heteroatoms. The van der Waals surface area contributed by atoms with Crippen LogP contribution in [0.1, 0.15) is 32.4 Å². The van der Waals surface area contributed by atoms with E-state index in [9.17, 15) is 0 Å². The summed E-state index contributed by atoms with van der Waals surface area (Å²) in [6, 6.07) is 3.94. The van der Waals surface area contributed by atoms with Gasteiger partial charge in [0.25, 0.3) is 0 Å². The Morgan fingerprint density at radius 2 is 2.06 bits per heavy atom. The maximum absolute atomic E-state index is 5.60. The number of anilines is 1. The molecule has 1 aromatic rings. The second kappa shape index (κ2) is 7.23. The summed E-state index contributed by atoms with van der Waals surface area (Å²) in [6.07, 6.45) is 5.29. The van der Waals surface area contributed by atoms with E-state index in [2.05, 4.69) is 23.7 Å². The molecule has 16 heavy (non-hydrogen) atoms. The predicted molar refractivity (Wildman–Crippen MR) is 69.4 cm³/mol. The number of nitrogen functional groups attached to an aromatic ring is 1. The Morgan fingerprint density at radius 3 is 2.62 bits per heavy atom. The lowest BCUT2D eigenvalue weighted by atomic mass is 10.2. The van der Waals surface area contributed by atoms with Crippen molar-refractivity contribution in [2.75, 3.05) is 25.4 Å². The normalized spacial score (nSPS) is 10.9. The van der Waals surface area contributed by atoms with Crippen molar-refractivity contribution in [3.05, 3.63) is 24.0 Å². The molecule has 0 unspecified atom stereocenters. The van der Waals surface area contributed by atoms with Crippen LogP contribution < -0.4 is 5.73 Å². The Labute approximate surface area is 98.7 Å². The van der Waals surface area contributed by atoms with Crippen LogP contribution in [0.15, 0.2) is 18.3 Å². The van der Waals surface area contributed by atoms with Gasteiger partial charge in [-0.15, -0.1) is 0 Å². The van der Waals surface area contributed by atoms with Crippen molar-refractivity contribution in [1.29, 1.82) is 0 Å². The first-order valence-electron chi connectivity index (χ1n) is 6.19. The van der Waals surface area contributed by atoms with Gasteiger partial charge in [-0.2, -0.15) is 0 Å². The number of likely N-dealkylation sites (N-methyl/N-ethyl adjacent to an activating group) is 1. The zero-order chi connectivity index (χ0) is 11.8. The average Bonchev–Trinajstić information content (AvgIpc) is 2.32. The summed E-state index contributed by atoms with van der Waals surface area (Å²) in [6.45, 7) is 7.85. The highest BCUT2D eigenvalue weighted by Gasteiger charge is 2.02. The molecular formula is C13H23N3. The van der Waals surface area contributed by atoms with Gasteiger partial charge >= 0.3 is 0 Å². The van der Waals surface area contributed by atoms with Gasteiger partial charge in [-0.3, -0.25) is 4.98 Å². The Morgan fingerprint density at radius 1 is 1.25 bits per heavy atom. The zero-order valence-electron chi connectivity index (χ0n) is 10.4. The van der Waals surface area contributed by atoms with Crippen LogP contribution in [-0.4, -0.2) is 29.5 Å². The molecule has 1 aromatic heterocycles. The summed E-state index contributed by atoms with van der Waals surface area (Å²) < 4.78 is 0. The second-order valence-electron chi connectivity index (χ2n) is 4.12. The number of hydrogen-bond donors (Lipinski definition) is 1. The molecule has 90 valence electrons. The summed E-state index contributed by atoms with van der Waals surface area (Å²) in [4.78, 5) is 6.79. The van der Waals surface area contributed by atoms with Crippen molar-refractivity contribution >= 4 is 5.69 Å². The van der Waals surface area contributed by atoms with Crippen LogP contribution in [0.4, 0.5) is 5.69 Å². The topological polar surface area (TPSA) is 42.1 Å². The van der Waals surface area contributed by atoms with Crippen LogP contribution in [-0.2, 0) is 6.42 Å². The summed E-state index contributed by atoms with van der Waals surface area (Å²) in [5.41, 5.74) is 7.47. The van der Waals surface area contributed by atoms with E-state index in [0.29, 0.717) is 0 Å². The lowest BCUT2D eigenvalue weighted by molar-refractivity contribution is 0.286. The van der Waals surface area contributed by atoms with Gasteiger partial charge in [-0.1, -0.05) is 20.3 Å². The molecule has 0 fully saturated rings. The number of nitrogens with two attached hydrogens (primary N) is 1. The van der Waals surface area contributed by atoms with Gasteiger partial charge in [0.1, 0.15) is 0 Å². The van der Waals surface area contributed by atoms with Gasteiger partial charge < -0.3 is 10.6 Å². The quantitative estimate of drug-likeness (QED) is 0.768. The number of pyridine rings is 1. The largest absolute Gasteiger partial charge is 0.397 e. The van der Waals surface area contributed by atoms with Crippen LogP contribution in [0.3, 0.4) is 0 Å². The number of unbranched alkanes of at least 4 members (excludes halogenated alkanes) is 1. The highest BCUT2D eigenvalue weighted by atomic mass is 15.1. The first-order valence-corrected chi connectivity index (χ1v) is 6.19. The highest BCUT2D eigenvalue weighted by Crippen LogP contribution is 2.03. The maximum Gasteiger partial charge on any atom is 0.0501 e. The number of hydrogen-bond acceptors (Lipinski definition) is 3. The van der Waals surface area contributed by atoms with Crippen molar-refractivity contribution in [3.63, 3.8) is 0 Å². The van der Waals surface area contributed by atoms with Crippen molar-refractivity contribution < 1.29 is 0 Å². The van der Waals surface area contributed by atoms with E-state index in [1.165, 1.54) is 19.4 Å². The Balaban J connectivity index is 2.34. The van der Waals surface area contributed by atoms with Gasteiger partial charge in [0.05, 0.1) is 11.9 Å². The van der Waals surface area contributed by atoms with Crippen LogP contribution >= 0.6 is 0 Å². The molecular weight excluding hydrogens is 198 g/mol. The van der Waals surface area contributed by atoms with E-state index < -0.39 is 0 Å². The fourth-order valence-corrected chi connectivity index (χ4v) is 1.67. The minimum atomic E-state index is 0.738. The molecule has 0 saturated carbocycles. The summed E-state index contributed by atoms with van der Waals surface area (Å²) in [5.74, 6) is 0. The lowest BCUT2D eigenvalue weighted by Crippen LogP contribution is -2.27. The molecule has 1 rings (SSSR count). The summed E-state index contributed by atoms with van der Waals surface area (Å²) in [5, 5.41) is 0.